The van der Waals surface area contributed by atoms with Crippen LogP contribution in [0.3, 0.4) is 0 Å². The third-order valence-electron chi connectivity index (χ3n) is 3.66. The van der Waals surface area contributed by atoms with E-state index >= 15 is 0 Å². The van der Waals surface area contributed by atoms with E-state index in [-0.39, 0.29) is 11.3 Å². The van der Waals surface area contributed by atoms with Crippen LogP contribution in [0.1, 0.15) is 32.1 Å². The van der Waals surface area contributed by atoms with E-state index in [4.69, 9.17) is 10.5 Å². The summed E-state index contributed by atoms with van der Waals surface area (Å²) < 4.78 is 29.2. The Morgan fingerprint density at radius 3 is 2.73 bits per heavy atom. The highest BCUT2D eigenvalue weighted by molar-refractivity contribution is 7.91. The maximum atomic E-state index is 11.7. The minimum absolute atomic E-state index is 0.0982. The molecule has 0 aromatic rings. The molecule has 2 N–H and O–H groups in total. The van der Waals surface area contributed by atoms with E-state index in [0.717, 1.165) is 25.7 Å². The van der Waals surface area contributed by atoms with E-state index in [9.17, 15) is 8.42 Å². The highest BCUT2D eigenvalue weighted by Gasteiger charge is 2.51. The molecule has 1 spiro atoms. The molecule has 2 aliphatic rings. The molecule has 0 bridgehead atoms. The molecule has 3 unspecified atom stereocenters. The molecule has 3 atom stereocenters. The molecule has 1 aliphatic heterocycles. The van der Waals surface area contributed by atoms with Gasteiger partial charge < -0.3 is 10.5 Å². The third kappa shape index (κ3) is 2.05. The summed E-state index contributed by atoms with van der Waals surface area (Å²) in [6.45, 7) is 0.604. The van der Waals surface area contributed by atoms with Crippen LogP contribution < -0.4 is 5.73 Å². The highest BCUT2D eigenvalue weighted by atomic mass is 32.2. The van der Waals surface area contributed by atoms with Gasteiger partial charge in [0.2, 0.25) is 0 Å². The molecule has 2 fully saturated rings. The van der Waals surface area contributed by atoms with Crippen molar-refractivity contribution in [1.29, 1.82) is 0 Å². The summed E-state index contributed by atoms with van der Waals surface area (Å²) in [5.41, 5.74) is 5.45. The molecule has 2 rings (SSSR count). The zero-order chi connectivity index (χ0) is 11.1. The highest BCUT2D eigenvalue weighted by Crippen LogP contribution is 2.43. The van der Waals surface area contributed by atoms with E-state index in [1.807, 2.05) is 0 Å². The SMILES string of the molecule is CS(=O)(=O)C1CCCC12CC(N)CCO2. The van der Waals surface area contributed by atoms with Crippen LogP contribution in [0.5, 0.6) is 0 Å². The lowest BCUT2D eigenvalue weighted by Crippen LogP contribution is -2.52. The zero-order valence-electron chi connectivity index (χ0n) is 9.11. The fraction of sp³-hybridized carbons (Fsp3) is 1.00. The van der Waals surface area contributed by atoms with E-state index in [2.05, 4.69) is 0 Å². The maximum absolute atomic E-state index is 11.7. The average molecular weight is 233 g/mol. The first-order valence-corrected chi connectivity index (χ1v) is 7.48. The lowest BCUT2D eigenvalue weighted by atomic mass is 9.89. The number of nitrogens with two attached hydrogens (primary N) is 1. The Morgan fingerprint density at radius 1 is 1.40 bits per heavy atom. The van der Waals surface area contributed by atoms with Crippen LogP contribution in [-0.4, -0.2) is 38.2 Å². The van der Waals surface area contributed by atoms with Gasteiger partial charge in [0.25, 0.3) is 0 Å². The molecule has 0 radical (unpaired) electrons. The number of sulfone groups is 1. The molecule has 1 saturated heterocycles. The molecule has 1 aliphatic carbocycles. The Hall–Kier alpha value is -0.130. The van der Waals surface area contributed by atoms with Gasteiger partial charge in [0.15, 0.2) is 9.84 Å². The van der Waals surface area contributed by atoms with Gasteiger partial charge in [-0.3, -0.25) is 0 Å². The van der Waals surface area contributed by atoms with Crippen molar-refractivity contribution in [3.05, 3.63) is 0 Å². The summed E-state index contributed by atoms with van der Waals surface area (Å²) in [5.74, 6) is 0. The number of hydrogen-bond donors (Lipinski definition) is 1. The monoisotopic (exact) mass is 233 g/mol. The summed E-state index contributed by atoms with van der Waals surface area (Å²) in [7, 11) is -3.01. The first-order valence-electron chi connectivity index (χ1n) is 5.52. The van der Waals surface area contributed by atoms with Crippen molar-refractivity contribution < 1.29 is 13.2 Å². The van der Waals surface area contributed by atoms with Crippen LogP contribution in [0, 0.1) is 0 Å². The molecule has 15 heavy (non-hydrogen) atoms. The van der Waals surface area contributed by atoms with Crippen LogP contribution in [-0.2, 0) is 14.6 Å². The van der Waals surface area contributed by atoms with Crippen molar-refractivity contribution in [2.45, 2.75) is 49.0 Å². The Kier molecular flexibility index (Phi) is 2.81. The van der Waals surface area contributed by atoms with Gasteiger partial charge in [0, 0.05) is 18.9 Å². The van der Waals surface area contributed by atoms with Crippen molar-refractivity contribution in [3.63, 3.8) is 0 Å². The second-order valence-electron chi connectivity index (χ2n) is 4.88. The molecule has 1 saturated carbocycles. The molecular weight excluding hydrogens is 214 g/mol. The zero-order valence-corrected chi connectivity index (χ0v) is 9.92. The molecule has 0 aromatic heterocycles. The van der Waals surface area contributed by atoms with E-state index in [1.54, 1.807) is 0 Å². The Morgan fingerprint density at radius 2 is 2.13 bits per heavy atom. The number of ether oxygens (including phenoxy) is 1. The molecule has 4 nitrogen and oxygen atoms in total. The second kappa shape index (κ2) is 3.71. The largest absolute Gasteiger partial charge is 0.374 e. The minimum Gasteiger partial charge on any atom is -0.374 e. The van der Waals surface area contributed by atoms with Gasteiger partial charge in [-0.1, -0.05) is 0 Å². The van der Waals surface area contributed by atoms with Crippen molar-refractivity contribution >= 4 is 9.84 Å². The molecular formula is C10H19NO3S. The summed E-state index contributed by atoms with van der Waals surface area (Å²) >= 11 is 0. The van der Waals surface area contributed by atoms with Gasteiger partial charge in [-0.2, -0.15) is 0 Å². The normalized spacial score (nSPS) is 42.3. The molecule has 1 heterocycles. The topological polar surface area (TPSA) is 69.4 Å². The van der Waals surface area contributed by atoms with Crippen LogP contribution in [0.25, 0.3) is 0 Å². The predicted molar refractivity (Wildman–Crippen MR) is 58.4 cm³/mol. The van der Waals surface area contributed by atoms with Crippen LogP contribution in [0.15, 0.2) is 0 Å². The van der Waals surface area contributed by atoms with Gasteiger partial charge in [-0.25, -0.2) is 8.42 Å². The van der Waals surface area contributed by atoms with Crippen LogP contribution in [0.4, 0.5) is 0 Å². The Labute approximate surface area is 91.1 Å². The second-order valence-corrected chi connectivity index (χ2v) is 7.10. The summed E-state index contributed by atoms with van der Waals surface area (Å²) in [4.78, 5) is 0. The first kappa shape index (κ1) is 11.4. The van der Waals surface area contributed by atoms with Gasteiger partial charge >= 0.3 is 0 Å². The van der Waals surface area contributed by atoms with Gasteiger partial charge in [-0.05, 0) is 32.1 Å². The van der Waals surface area contributed by atoms with Crippen molar-refractivity contribution in [1.82, 2.24) is 0 Å². The molecule has 0 aromatic carbocycles. The van der Waals surface area contributed by atoms with Crippen LogP contribution >= 0.6 is 0 Å². The van der Waals surface area contributed by atoms with E-state index in [0.29, 0.717) is 13.0 Å². The Bertz CT molecular complexity index is 341. The fourth-order valence-electron chi connectivity index (χ4n) is 3.03. The van der Waals surface area contributed by atoms with Gasteiger partial charge in [0.1, 0.15) is 0 Å². The predicted octanol–water partition coefficient (Wildman–Crippen LogP) is 0.460. The first-order chi connectivity index (χ1) is 6.94. The van der Waals surface area contributed by atoms with E-state index in [1.165, 1.54) is 6.26 Å². The molecule has 0 amide bonds. The average Bonchev–Trinajstić information content (AvgIpc) is 2.47. The lowest BCUT2D eigenvalue weighted by molar-refractivity contribution is -0.0765. The standard InChI is InChI=1S/C10H19NO3S/c1-15(12,13)9-3-2-5-10(9)7-8(11)4-6-14-10/h8-9H,2-7,11H2,1H3. The number of rotatable bonds is 1. The Balaban J connectivity index is 2.26. The van der Waals surface area contributed by atoms with E-state index < -0.39 is 15.4 Å². The maximum Gasteiger partial charge on any atom is 0.153 e. The molecule has 5 heteroatoms. The van der Waals surface area contributed by atoms with Crippen molar-refractivity contribution in [3.8, 4) is 0 Å². The van der Waals surface area contributed by atoms with Crippen LogP contribution in [0.2, 0.25) is 0 Å². The third-order valence-corrected chi connectivity index (χ3v) is 5.35. The van der Waals surface area contributed by atoms with Gasteiger partial charge in [0.05, 0.1) is 10.9 Å². The van der Waals surface area contributed by atoms with Gasteiger partial charge in [-0.15, -0.1) is 0 Å². The minimum atomic E-state index is -3.01. The molecule has 88 valence electrons. The number of hydrogen-bond acceptors (Lipinski definition) is 4. The van der Waals surface area contributed by atoms with Crippen molar-refractivity contribution in [2.24, 2.45) is 5.73 Å². The summed E-state index contributed by atoms with van der Waals surface area (Å²) in [6.07, 6.45) is 5.37. The summed E-state index contributed by atoms with van der Waals surface area (Å²) in [5, 5.41) is -0.337. The smallest absolute Gasteiger partial charge is 0.153 e. The van der Waals surface area contributed by atoms with Crippen molar-refractivity contribution in [2.75, 3.05) is 12.9 Å². The fourth-order valence-corrected chi connectivity index (χ4v) is 4.69. The lowest BCUT2D eigenvalue weighted by Gasteiger charge is -2.40. The quantitative estimate of drug-likeness (QED) is 0.714. The summed E-state index contributed by atoms with van der Waals surface area (Å²) in [6, 6.07) is 0.0982.